The summed E-state index contributed by atoms with van der Waals surface area (Å²) in [6.07, 6.45) is 51.8. The monoisotopic (exact) mass is 931 g/mol. The van der Waals surface area contributed by atoms with Gasteiger partial charge in [0.25, 0.3) is 0 Å². The predicted molar refractivity (Wildman–Crippen MR) is 265 cm³/mol. The second-order valence-corrected chi connectivity index (χ2v) is 20.1. The maximum atomic E-state index is 12.7. The summed E-state index contributed by atoms with van der Waals surface area (Å²) >= 11 is 0. The molecule has 0 fully saturated rings. The Labute approximate surface area is 394 Å². The zero-order valence-corrected chi connectivity index (χ0v) is 42.7. The van der Waals surface area contributed by atoms with Crippen LogP contribution in [0.1, 0.15) is 277 Å². The van der Waals surface area contributed by atoms with Crippen LogP contribution in [0.3, 0.4) is 0 Å². The number of hydrogen-bond donors (Lipinski definition) is 3. The number of rotatable bonds is 52. The van der Waals surface area contributed by atoms with E-state index in [0.717, 1.165) is 32.1 Å². The lowest BCUT2D eigenvalue weighted by Gasteiger charge is -2.20. The third kappa shape index (κ3) is 48.6. The maximum Gasteiger partial charge on any atom is 0.472 e. The molecule has 10 nitrogen and oxygen atoms in total. The van der Waals surface area contributed by atoms with Gasteiger partial charge in [-0.05, 0) is 38.5 Å². The highest BCUT2D eigenvalue weighted by Crippen LogP contribution is 2.43. The van der Waals surface area contributed by atoms with E-state index in [0.29, 0.717) is 12.8 Å². The van der Waals surface area contributed by atoms with E-state index in [1.807, 2.05) is 0 Å². The number of phosphoric acid groups is 1. The fourth-order valence-electron chi connectivity index (χ4n) is 7.99. The zero-order chi connectivity index (χ0) is 46.9. The van der Waals surface area contributed by atoms with E-state index in [1.165, 1.54) is 205 Å². The van der Waals surface area contributed by atoms with Gasteiger partial charge in [0, 0.05) is 12.8 Å². The van der Waals surface area contributed by atoms with Crippen LogP contribution in [0, 0.1) is 0 Å². The quantitative estimate of drug-likeness (QED) is 0.0233. The topological polar surface area (TPSA) is 149 Å². The summed E-state index contributed by atoms with van der Waals surface area (Å²) in [5.41, 5.74) is 0. The van der Waals surface area contributed by atoms with Gasteiger partial charge in [-0.1, -0.05) is 238 Å². The highest BCUT2D eigenvalue weighted by atomic mass is 31.2. The molecule has 0 rings (SSSR count). The van der Waals surface area contributed by atoms with E-state index in [1.54, 1.807) is 0 Å². The third-order valence-electron chi connectivity index (χ3n) is 12.2. The Balaban J connectivity index is 4.10. The van der Waals surface area contributed by atoms with Crippen LogP contribution < -0.4 is 0 Å². The minimum Gasteiger partial charge on any atom is -0.462 e. The van der Waals surface area contributed by atoms with Crippen molar-refractivity contribution in [1.82, 2.24) is 0 Å². The molecule has 0 aromatic carbocycles. The minimum absolute atomic E-state index is 0.189. The van der Waals surface area contributed by atoms with Crippen LogP contribution in [0.15, 0.2) is 12.2 Å². The Morgan fingerprint density at radius 3 is 1.12 bits per heavy atom. The van der Waals surface area contributed by atoms with Crippen LogP contribution in [-0.4, -0.2) is 65.7 Å². The van der Waals surface area contributed by atoms with Crippen molar-refractivity contribution in [2.45, 2.75) is 289 Å². The van der Waals surface area contributed by atoms with E-state index in [2.05, 4.69) is 26.0 Å². The van der Waals surface area contributed by atoms with Gasteiger partial charge < -0.3 is 24.6 Å². The van der Waals surface area contributed by atoms with Crippen molar-refractivity contribution in [3.05, 3.63) is 12.2 Å². The Bertz CT molecular complexity index is 1070. The molecule has 0 aromatic heterocycles. The summed E-state index contributed by atoms with van der Waals surface area (Å²) in [6.45, 7) is 2.45. The second kappa shape index (κ2) is 49.6. The van der Waals surface area contributed by atoms with Gasteiger partial charge >= 0.3 is 19.8 Å². The lowest BCUT2D eigenvalue weighted by atomic mass is 10.0. The van der Waals surface area contributed by atoms with Crippen molar-refractivity contribution < 1.29 is 47.8 Å². The van der Waals surface area contributed by atoms with Gasteiger partial charge in [-0.2, -0.15) is 0 Å². The van der Waals surface area contributed by atoms with Crippen LogP contribution >= 0.6 is 7.82 Å². The van der Waals surface area contributed by atoms with Gasteiger partial charge in [-0.15, -0.1) is 0 Å². The van der Waals surface area contributed by atoms with Crippen LogP contribution in [0.5, 0.6) is 0 Å². The lowest BCUT2D eigenvalue weighted by Crippen LogP contribution is -2.29. The van der Waals surface area contributed by atoms with Gasteiger partial charge in [-0.3, -0.25) is 18.6 Å². The number of esters is 2. The molecule has 64 heavy (non-hydrogen) atoms. The molecule has 0 heterocycles. The van der Waals surface area contributed by atoms with Crippen LogP contribution in [0.4, 0.5) is 0 Å². The Morgan fingerprint density at radius 2 is 0.766 bits per heavy atom. The fourth-order valence-corrected chi connectivity index (χ4v) is 8.78. The molecule has 3 atom stereocenters. The molecule has 3 N–H and O–H groups in total. The molecule has 0 saturated carbocycles. The van der Waals surface area contributed by atoms with Crippen LogP contribution in [0.2, 0.25) is 0 Å². The Hall–Kier alpha value is -1.29. The number of unbranched alkanes of at least 4 members (excludes halogenated alkanes) is 36. The molecule has 0 radical (unpaired) electrons. The lowest BCUT2D eigenvalue weighted by molar-refractivity contribution is -0.161. The largest absolute Gasteiger partial charge is 0.472 e. The van der Waals surface area contributed by atoms with Crippen LogP contribution in [-0.2, 0) is 32.7 Å². The molecule has 380 valence electrons. The van der Waals surface area contributed by atoms with Crippen molar-refractivity contribution in [3.63, 3.8) is 0 Å². The van der Waals surface area contributed by atoms with Crippen molar-refractivity contribution in [1.29, 1.82) is 0 Å². The molecule has 0 saturated heterocycles. The molecule has 0 aliphatic rings. The molecule has 0 amide bonds. The average molecular weight is 931 g/mol. The highest BCUT2D eigenvalue weighted by Gasteiger charge is 2.27. The molecular formula is C53H103O10P. The van der Waals surface area contributed by atoms with E-state index in [-0.39, 0.29) is 19.4 Å². The summed E-state index contributed by atoms with van der Waals surface area (Å²) in [7, 11) is -4.62. The van der Waals surface area contributed by atoms with E-state index in [9.17, 15) is 24.2 Å². The normalized spacial score (nSPS) is 13.6. The summed E-state index contributed by atoms with van der Waals surface area (Å²) in [4.78, 5) is 35.2. The summed E-state index contributed by atoms with van der Waals surface area (Å²) < 4.78 is 32.9. The molecule has 0 aliphatic carbocycles. The number of hydrogen-bond acceptors (Lipinski definition) is 9. The number of aliphatic hydroxyl groups excluding tert-OH is 2. The molecule has 0 bridgehead atoms. The van der Waals surface area contributed by atoms with Crippen molar-refractivity contribution in [2.75, 3.05) is 26.4 Å². The standard InChI is InChI=1S/C53H103O10P/c1-3-5-7-9-11-13-15-17-19-21-23-24-25-26-27-29-31-33-35-37-39-41-43-45-53(57)63-51(49-62-64(58,59)61-47-50(55)46-54)48-60-52(56)44-42-40-38-36-34-32-30-28-22-20-18-16-14-12-10-8-6-4-2/h21,23,50-51,54-55H,3-20,22,24-49H2,1-2H3,(H,58,59)/b23-21-. The SMILES string of the molecule is CCCCCCCCCC/C=C\CCCCCCCCCCCCCC(=O)OC(COC(=O)CCCCCCCCCCCCCCCCCCCC)COP(=O)(O)OCC(O)CO. The Kier molecular flexibility index (Phi) is 48.6. The summed E-state index contributed by atoms with van der Waals surface area (Å²) in [5.74, 6) is -0.907. The molecule has 0 aromatic rings. The summed E-state index contributed by atoms with van der Waals surface area (Å²) in [6, 6.07) is 0. The van der Waals surface area contributed by atoms with Gasteiger partial charge in [0.05, 0.1) is 19.8 Å². The van der Waals surface area contributed by atoms with E-state index >= 15 is 0 Å². The molecule has 0 aliphatic heterocycles. The van der Waals surface area contributed by atoms with Gasteiger partial charge in [-0.25, -0.2) is 4.57 Å². The number of carbonyl (C=O) groups is 2. The first-order chi connectivity index (χ1) is 31.2. The van der Waals surface area contributed by atoms with Gasteiger partial charge in [0.2, 0.25) is 0 Å². The average Bonchev–Trinajstić information content (AvgIpc) is 3.28. The molecular weight excluding hydrogens is 828 g/mol. The smallest absolute Gasteiger partial charge is 0.462 e. The zero-order valence-electron chi connectivity index (χ0n) is 41.8. The van der Waals surface area contributed by atoms with Gasteiger partial charge in [0.15, 0.2) is 6.10 Å². The highest BCUT2D eigenvalue weighted by molar-refractivity contribution is 7.47. The van der Waals surface area contributed by atoms with Crippen molar-refractivity contribution in [3.8, 4) is 0 Å². The molecule has 3 unspecified atom stereocenters. The number of phosphoric ester groups is 1. The number of aliphatic hydroxyl groups is 2. The third-order valence-corrected chi connectivity index (χ3v) is 13.1. The van der Waals surface area contributed by atoms with E-state index in [4.69, 9.17) is 23.6 Å². The Morgan fingerprint density at radius 1 is 0.453 bits per heavy atom. The van der Waals surface area contributed by atoms with Crippen molar-refractivity contribution >= 4 is 19.8 Å². The number of allylic oxidation sites excluding steroid dienone is 2. The predicted octanol–water partition coefficient (Wildman–Crippen LogP) is 15.5. The molecule has 11 heteroatoms. The molecule has 0 spiro atoms. The van der Waals surface area contributed by atoms with Crippen molar-refractivity contribution in [2.24, 2.45) is 0 Å². The summed E-state index contributed by atoms with van der Waals surface area (Å²) in [5, 5.41) is 18.4. The number of carbonyl (C=O) groups excluding carboxylic acids is 2. The fraction of sp³-hybridized carbons (Fsp3) is 0.925. The maximum absolute atomic E-state index is 12.7. The minimum atomic E-state index is -4.62. The van der Waals surface area contributed by atoms with E-state index < -0.39 is 51.8 Å². The number of ether oxygens (including phenoxy) is 2. The first-order valence-corrected chi connectivity index (χ1v) is 28.6. The first kappa shape index (κ1) is 62.7. The van der Waals surface area contributed by atoms with Gasteiger partial charge in [0.1, 0.15) is 12.7 Å². The first-order valence-electron chi connectivity index (χ1n) is 27.1. The second-order valence-electron chi connectivity index (χ2n) is 18.6. The van der Waals surface area contributed by atoms with Crippen LogP contribution in [0.25, 0.3) is 0 Å².